The number of phosphoric acid groups is 2. The lowest BCUT2D eigenvalue weighted by Crippen LogP contribution is -2.36. The minimum atomic E-state index is -5.44. The van der Waals surface area contributed by atoms with Crippen molar-refractivity contribution in [3.8, 4) is 0 Å². The number of hydrogen-bond acceptors (Lipinski definition) is 16. The topological polar surface area (TPSA) is 286 Å². The highest BCUT2D eigenvalue weighted by Crippen LogP contribution is 2.60. The van der Waals surface area contributed by atoms with Gasteiger partial charge in [-0.3, -0.25) is 23.2 Å². The molecule has 1 fully saturated rings. The number of anilines is 1. The van der Waals surface area contributed by atoms with Gasteiger partial charge in [-0.1, -0.05) is 120 Å². The molecule has 0 aromatic carbocycles. The van der Waals surface area contributed by atoms with E-state index >= 15 is 0 Å². The van der Waals surface area contributed by atoms with Gasteiger partial charge in [0.2, 0.25) is 0 Å². The van der Waals surface area contributed by atoms with Crippen LogP contribution in [-0.4, -0.2) is 96.9 Å². The molecule has 1 aromatic heterocycles. The first-order valence-electron chi connectivity index (χ1n) is 23.8. The molecule has 0 bridgehead atoms. The Labute approximate surface area is 395 Å². The van der Waals surface area contributed by atoms with Gasteiger partial charge in [-0.15, -0.1) is 0 Å². The number of rotatable bonds is 38. The number of esters is 2. The van der Waals surface area contributed by atoms with Crippen molar-refractivity contribution in [1.82, 2.24) is 9.55 Å². The van der Waals surface area contributed by atoms with Crippen molar-refractivity contribution >= 4 is 33.4 Å². The first kappa shape index (κ1) is 59.8. The van der Waals surface area contributed by atoms with E-state index in [0.29, 0.717) is 19.3 Å². The molecule has 7 N–H and O–H groups in total. The van der Waals surface area contributed by atoms with Crippen LogP contribution in [0.1, 0.15) is 155 Å². The largest absolute Gasteiger partial charge is 0.481 e. The van der Waals surface area contributed by atoms with Crippen LogP contribution in [0.2, 0.25) is 0 Å². The number of carbonyl (C=O) groups excluding carboxylic acids is 2. The Bertz CT molecular complexity index is 1820. The van der Waals surface area contributed by atoms with Crippen LogP contribution in [0.3, 0.4) is 0 Å². The first-order valence-corrected chi connectivity index (χ1v) is 26.7. The van der Waals surface area contributed by atoms with E-state index in [1.54, 1.807) is 6.08 Å². The highest BCUT2D eigenvalue weighted by Gasteiger charge is 2.46. The zero-order valence-electron chi connectivity index (χ0n) is 39.3. The molecule has 0 aliphatic carbocycles. The lowest BCUT2D eigenvalue weighted by atomic mass is 10.1. The number of hydrogen-bond donors (Lipinski definition) is 6. The molecule has 1 saturated heterocycles. The molecule has 21 heteroatoms. The molecule has 382 valence electrons. The Morgan fingerprint density at radius 1 is 0.791 bits per heavy atom. The molecule has 3 unspecified atom stereocenters. The van der Waals surface area contributed by atoms with Crippen molar-refractivity contribution in [3.05, 3.63) is 71.4 Å². The number of allylic oxidation sites excluding steroid dienone is 6. The Morgan fingerprint density at radius 3 is 2.03 bits per heavy atom. The lowest BCUT2D eigenvalue weighted by Gasteiger charge is -2.21. The van der Waals surface area contributed by atoms with Crippen molar-refractivity contribution < 1.29 is 71.4 Å². The fourth-order valence-corrected chi connectivity index (χ4v) is 8.86. The zero-order chi connectivity index (χ0) is 49.3. The van der Waals surface area contributed by atoms with Crippen LogP contribution in [-0.2, 0) is 46.3 Å². The van der Waals surface area contributed by atoms with Crippen LogP contribution < -0.4 is 11.4 Å². The molecule has 1 aromatic rings. The van der Waals surface area contributed by atoms with Gasteiger partial charge in [0.25, 0.3) is 0 Å². The smallest absolute Gasteiger partial charge is 0.462 e. The second-order valence-corrected chi connectivity index (χ2v) is 19.5. The van der Waals surface area contributed by atoms with Gasteiger partial charge >= 0.3 is 33.3 Å². The van der Waals surface area contributed by atoms with Gasteiger partial charge in [0, 0.05) is 19.0 Å². The van der Waals surface area contributed by atoms with Crippen LogP contribution in [0, 0.1) is 0 Å². The minimum Gasteiger partial charge on any atom is -0.462 e. The molecule has 8 atom stereocenters. The predicted octanol–water partition coefficient (Wildman–Crippen LogP) is 7.97. The number of aromatic nitrogens is 2. The molecule has 0 spiro atoms. The summed E-state index contributed by atoms with van der Waals surface area (Å²) in [7, 11) is -10.9. The third-order valence-electron chi connectivity index (χ3n) is 10.5. The van der Waals surface area contributed by atoms with Crippen LogP contribution in [0.25, 0.3) is 0 Å². The number of ether oxygens (including phenoxy) is 3. The van der Waals surface area contributed by atoms with Crippen LogP contribution in [0.15, 0.2) is 65.7 Å². The highest BCUT2D eigenvalue weighted by atomic mass is 31.3. The van der Waals surface area contributed by atoms with Crippen molar-refractivity contribution in [3.63, 3.8) is 0 Å². The minimum absolute atomic E-state index is 0.000747. The number of aliphatic hydroxyl groups excluding tert-OH is 3. The second-order valence-electron chi connectivity index (χ2n) is 16.4. The van der Waals surface area contributed by atoms with Crippen molar-refractivity contribution in [1.29, 1.82) is 0 Å². The van der Waals surface area contributed by atoms with E-state index in [4.69, 9.17) is 29.0 Å². The number of nitrogen functional groups attached to an aromatic ring is 1. The SMILES string of the molecule is CC/C=C/CC(O)/C=C/C=C/CCCCCCCC(=O)O[C@H](COC(=O)CCCCCCC/C=C\CCCCCC)COP(=O)(O)OP(=O)(O)OC[C@H]1O[C@@H](n2ccc(N)nc2=O)[C@H](O)[C@@H]1O. The number of unbranched alkanes of at least 4 members (excludes halogenated alkanes) is 14. The molecule has 67 heavy (non-hydrogen) atoms. The van der Waals surface area contributed by atoms with Gasteiger partial charge in [-0.05, 0) is 70.3 Å². The number of aliphatic hydroxyl groups is 3. The molecule has 19 nitrogen and oxygen atoms in total. The van der Waals surface area contributed by atoms with Gasteiger partial charge in [0.05, 0.1) is 19.3 Å². The van der Waals surface area contributed by atoms with Gasteiger partial charge in [0.15, 0.2) is 12.3 Å². The third kappa shape index (κ3) is 28.1. The molecule has 1 aliphatic heterocycles. The summed E-state index contributed by atoms with van der Waals surface area (Å²) in [4.78, 5) is 61.7. The van der Waals surface area contributed by atoms with Crippen molar-refractivity contribution in [2.24, 2.45) is 0 Å². The average molecular weight is 990 g/mol. The van der Waals surface area contributed by atoms with Gasteiger partial charge < -0.3 is 45.1 Å². The normalized spacial score (nSPS) is 20.5. The third-order valence-corrected chi connectivity index (χ3v) is 13.1. The highest BCUT2D eigenvalue weighted by molar-refractivity contribution is 7.61. The molecule has 1 aliphatic rings. The van der Waals surface area contributed by atoms with E-state index in [2.05, 4.69) is 28.4 Å². The average Bonchev–Trinajstić information content (AvgIpc) is 3.55. The molecule has 0 radical (unpaired) electrons. The first-order chi connectivity index (χ1) is 32.1. The van der Waals surface area contributed by atoms with E-state index in [-0.39, 0.29) is 18.7 Å². The monoisotopic (exact) mass is 989 g/mol. The van der Waals surface area contributed by atoms with Crippen LogP contribution >= 0.6 is 15.6 Å². The number of carbonyl (C=O) groups is 2. The van der Waals surface area contributed by atoms with Gasteiger partial charge in [-0.25, -0.2) is 13.9 Å². The number of phosphoric ester groups is 2. The summed E-state index contributed by atoms with van der Waals surface area (Å²) in [6.07, 6.45) is 26.7. The summed E-state index contributed by atoms with van der Waals surface area (Å²) in [6, 6.07) is 1.24. The van der Waals surface area contributed by atoms with Crippen molar-refractivity contribution in [2.75, 3.05) is 25.6 Å². The summed E-state index contributed by atoms with van der Waals surface area (Å²) in [5.74, 6) is -1.37. The van der Waals surface area contributed by atoms with E-state index in [0.717, 1.165) is 87.8 Å². The Balaban J connectivity index is 1.85. The predicted molar refractivity (Wildman–Crippen MR) is 253 cm³/mol. The molecular weight excluding hydrogens is 912 g/mol. The van der Waals surface area contributed by atoms with Gasteiger partial charge in [0.1, 0.15) is 30.7 Å². The molecule has 0 amide bonds. The van der Waals surface area contributed by atoms with Crippen LogP contribution in [0.4, 0.5) is 5.82 Å². The number of nitrogens with zero attached hydrogens (tertiary/aromatic N) is 2. The summed E-state index contributed by atoms with van der Waals surface area (Å²) >= 11 is 0. The summed E-state index contributed by atoms with van der Waals surface area (Å²) in [5.41, 5.74) is 4.57. The second kappa shape index (κ2) is 34.9. The molecule has 2 rings (SSSR count). The maximum Gasteiger partial charge on any atom is 0.481 e. The van der Waals surface area contributed by atoms with Gasteiger partial charge in [-0.2, -0.15) is 9.29 Å². The quantitative estimate of drug-likeness (QED) is 0.0120. The van der Waals surface area contributed by atoms with Crippen LogP contribution in [0.5, 0.6) is 0 Å². The van der Waals surface area contributed by atoms with E-state index in [1.165, 1.54) is 31.7 Å². The summed E-state index contributed by atoms with van der Waals surface area (Å²) in [6.45, 7) is 1.87. The fourth-order valence-electron chi connectivity index (χ4n) is 6.75. The van der Waals surface area contributed by atoms with Crippen molar-refractivity contribution in [2.45, 2.75) is 185 Å². The Hall–Kier alpha value is -3.32. The maximum atomic E-state index is 12.8. The van der Waals surface area contributed by atoms with E-state index in [9.17, 15) is 48.6 Å². The van der Waals surface area contributed by atoms with E-state index < -0.39 is 89.8 Å². The number of nitrogens with two attached hydrogens (primary N) is 1. The standard InChI is InChI=1S/C46H77N3O16P2/c1-3-5-7-8-9-10-11-12-13-16-19-22-26-30-41(51)60-34-38(63-42(52)31-27-23-20-17-14-15-18-21-25-29-37(50)28-24-6-4-2)35-61-66(56,57)65-67(58,59)62-36-39-43(53)44(54)45(64-39)49-33-32-40(47)48-46(49)55/h6,10-11,18,21,24-25,29,32-33,37-39,43-45,50,53-54H,3-5,7-9,12-17,19-20,22-23,26-28,30-31,34-36H2,1-2H3,(H,56,57)(H,58,59)(H2,47,48,55)/b11-10-,21-18+,24-6+,29-25+/t37?,38-,39-,43-,44-,45-/m1/s1. The van der Waals surface area contributed by atoms with E-state index in [1.807, 2.05) is 37.3 Å². The summed E-state index contributed by atoms with van der Waals surface area (Å²) in [5, 5.41) is 30.8. The summed E-state index contributed by atoms with van der Waals surface area (Å²) < 4.78 is 56.6. The zero-order valence-corrected chi connectivity index (χ0v) is 41.1. The Morgan fingerprint density at radius 2 is 1.39 bits per heavy atom. The molecular formula is C46H77N3O16P2. The lowest BCUT2D eigenvalue weighted by molar-refractivity contribution is -0.161. The molecule has 2 heterocycles. The fraction of sp³-hybridized carbons (Fsp3) is 0.696. The maximum absolute atomic E-state index is 12.8. The Kier molecular flexibility index (Phi) is 31.1. The molecule has 0 saturated carbocycles.